The molecular weight excluding hydrogens is 344 g/mol. The fourth-order valence-corrected chi connectivity index (χ4v) is 2.69. The van der Waals surface area contributed by atoms with E-state index in [-0.39, 0.29) is 5.78 Å². The highest BCUT2D eigenvalue weighted by molar-refractivity contribution is 5.91. The molecule has 0 saturated heterocycles. The molecule has 0 aliphatic heterocycles. The minimum absolute atomic E-state index is 0.180. The molecule has 0 radical (unpaired) electrons. The highest BCUT2D eigenvalue weighted by Crippen LogP contribution is 2.23. The molecule has 0 aromatic heterocycles. The lowest BCUT2D eigenvalue weighted by atomic mass is 10.0. The van der Waals surface area contributed by atoms with Gasteiger partial charge < -0.3 is 9.64 Å². The summed E-state index contributed by atoms with van der Waals surface area (Å²) in [7, 11) is 0. The van der Waals surface area contributed by atoms with Crippen molar-refractivity contribution in [1.29, 1.82) is 0 Å². The molecule has 0 spiro atoms. The Labute approximate surface area is 162 Å². The van der Waals surface area contributed by atoms with Crippen LogP contribution in [-0.4, -0.2) is 48.0 Å². The van der Waals surface area contributed by atoms with E-state index >= 15 is 0 Å². The molecule has 1 aromatic rings. The van der Waals surface area contributed by atoms with E-state index in [2.05, 4.69) is 25.7 Å². The van der Waals surface area contributed by atoms with Crippen molar-refractivity contribution < 1.29 is 19.5 Å². The van der Waals surface area contributed by atoms with Crippen molar-refractivity contribution >= 4 is 17.8 Å². The zero-order valence-corrected chi connectivity index (χ0v) is 16.7. The normalized spacial score (nSPS) is 11.1. The number of Topliss-reactive ketones (excluding diaryl/α,β-unsaturated/α-hetero) is 1. The Morgan fingerprint density at radius 3 is 2.59 bits per heavy atom. The molecule has 6 heteroatoms. The van der Waals surface area contributed by atoms with Crippen molar-refractivity contribution in [3.05, 3.63) is 35.4 Å². The lowest BCUT2D eigenvalue weighted by Gasteiger charge is -2.19. The number of nitrogens with one attached hydrogen (secondary N) is 1. The molecule has 0 atom stereocenters. The quantitative estimate of drug-likeness (QED) is 0.314. The van der Waals surface area contributed by atoms with Gasteiger partial charge in [-0.1, -0.05) is 33.3 Å². The van der Waals surface area contributed by atoms with Crippen molar-refractivity contribution in [3.8, 4) is 5.75 Å². The van der Waals surface area contributed by atoms with Gasteiger partial charge in [-0.15, -0.1) is 0 Å². The Morgan fingerprint density at radius 2 is 1.96 bits per heavy atom. The number of carbonyl (C=O) groups excluding carboxylic acids is 2. The number of carbonyl (C=O) groups is 2. The van der Waals surface area contributed by atoms with Crippen molar-refractivity contribution in [3.63, 3.8) is 0 Å². The van der Waals surface area contributed by atoms with Crippen molar-refractivity contribution in [2.75, 3.05) is 26.2 Å². The number of ether oxygens (including phenoxy) is 1. The highest BCUT2D eigenvalue weighted by atomic mass is 16.5. The first-order chi connectivity index (χ1) is 13.0. The molecule has 1 aromatic carbocycles. The van der Waals surface area contributed by atoms with E-state index in [1.807, 2.05) is 18.2 Å². The minimum Gasteiger partial charge on any atom is -0.492 e. The summed E-state index contributed by atoms with van der Waals surface area (Å²) in [6.45, 7) is 9.62. The molecule has 27 heavy (non-hydrogen) atoms. The van der Waals surface area contributed by atoms with Crippen LogP contribution in [0, 0.1) is 0 Å². The van der Waals surface area contributed by atoms with Gasteiger partial charge >= 0.3 is 0 Å². The van der Waals surface area contributed by atoms with Crippen LogP contribution >= 0.6 is 0 Å². The van der Waals surface area contributed by atoms with Crippen LogP contribution in [0.4, 0.5) is 0 Å². The Hall–Kier alpha value is -2.18. The third-order valence-electron chi connectivity index (χ3n) is 4.38. The van der Waals surface area contributed by atoms with Crippen molar-refractivity contribution in [2.24, 2.45) is 0 Å². The summed E-state index contributed by atoms with van der Waals surface area (Å²) in [4.78, 5) is 25.7. The summed E-state index contributed by atoms with van der Waals surface area (Å²) in [6.07, 6.45) is 5.56. The number of likely N-dealkylation sites (N-methyl/N-ethyl adjacent to an activating group) is 1. The predicted octanol–water partition coefficient (Wildman–Crippen LogP) is 3.23. The zero-order valence-electron chi connectivity index (χ0n) is 16.7. The Balaban J connectivity index is 2.89. The van der Waals surface area contributed by atoms with Crippen molar-refractivity contribution in [2.45, 2.75) is 46.5 Å². The van der Waals surface area contributed by atoms with E-state index < -0.39 is 5.91 Å². The molecule has 0 aliphatic rings. The smallest absolute Gasteiger partial charge is 0.267 e. The number of rotatable bonds is 13. The fraction of sp³-hybridized carbons (Fsp3) is 0.524. The van der Waals surface area contributed by atoms with Crippen molar-refractivity contribution in [1.82, 2.24) is 10.4 Å². The van der Waals surface area contributed by atoms with E-state index in [9.17, 15) is 9.59 Å². The maximum Gasteiger partial charge on any atom is 0.267 e. The standard InChI is InChI=1S/C21H32N2O4/c1-4-7-8-19(24)16-18-15-17(10-12-21(25)22-26)9-11-20(18)27-14-13-23(5-2)6-3/h9-12,15,26H,4-8,13-14,16H2,1-3H3,(H,22,25)/b12-10+. The number of hydroxylamine groups is 1. The molecular formula is C21H32N2O4. The van der Waals surface area contributed by atoms with Gasteiger partial charge in [-0.2, -0.15) is 0 Å². The average Bonchev–Trinajstić information content (AvgIpc) is 2.68. The molecule has 0 saturated carbocycles. The van der Waals surface area contributed by atoms with Crippen LogP contribution < -0.4 is 10.2 Å². The second-order valence-electron chi connectivity index (χ2n) is 6.37. The number of amides is 1. The molecule has 0 aliphatic carbocycles. The second-order valence-corrected chi connectivity index (χ2v) is 6.37. The van der Waals surface area contributed by atoms with E-state index in [1.165, 1.54) is 6.08 Å². The van der Waals surface area contributed by atoms with Crippen LogP contribution in [-0.2, 0) is 16.0 Å². The zero-order chi connectivity index (χ0) is 20.1. The molecule has 0 heterocycles. The molecule has 0 bridgehead atoms. The summed E-state index contributed by atoms with van der Waals surface area (Å²) >= 11 is 0. The van der Waals surface area contributed by atoms with Gasteiger partial charge in [-0.3, -0.25) is 14.8 Å². The third-order valence-corrected chi connectivity index (χ3v) is 4.38. The molecule has 0 fully saturated rings. The van der Waals surface area contributed by atoms with Crippen LogP contribution in [0.15, 0.2) is 24.3 Å². The van der Waals surface area contributed by atoms with E-state index in [0.29, 0.717) is 25.2 Å². The average molecular weight is 376 g/mol. The maximum absolute atomic E-state index is 12.2. The number of unbranched alkanes of at least 4 members (excludes halogenated alkanes) is 1. The summed E-state index contributed by atoms with van der Waals surface area (Å²) < 4.78 is 5.94. The van der Waals surface area contributed by atoms with Gasteiger partial charge in [-0.05, 0) is 43.3 Å². The Bertz CT molecular complexity index is 625. The van der Waals surface area contributed by atoms with E-state index in [1.54, 1.807) is 11.6 Å². The lowest BCUT2D eigenvalue weighted by molar-refractivity contribution is -0.124. The molecule has 150 valence electrons. The largest absolute Gasteiger partial charge is 0.492 e. The van der Waals surface area contributed by atoms with Crippen LogP contribution in [0.2, 0.25) is 0 Å². The third kappa shape index (κ3) is 8.84. The fourth-order valence-electron chi connectivity index (χ4n) is 2.69. The number of benzene rings is 1. The number of hydrogen-bond acceptors (Lipinski definition) is 5. The molecule has 2 N–H and O–H groups in total. The van der Waals surface area contributed by atoms with Crippen LogP contribution in [0.3, 0.4) is 0 Å². The first kappa shape index (κ1) is 22.9. The van der Waals surface area contributed by atoms with E-state index in [4.69, 9.17) is 9.94 Å². The minimum atomic E-state index is -0.602. The number of ketones is 1. The number of nitrogens with zero attached hydrogens (tertiary/aromatic N) is 1. The van der Waals surface area contributed by atoms with Gasteiger partial charge in [-0.25, -0.2) is 5.48 Å². The maximum atomic E-state index is 12.2. The van der Waals surface area contributed by atoms with Crippen LogP contribution in [0.25, 0.3) is 6.08 Å². The van der Waals surface area contributed by atoms with Gasteiger partial charge in [0.05, 0.1) is 0 Å². The first-order valence-electron chi connectivity index (χ1n) is 9.65. The van der Waals surface area contributed by atoms with E-state index in [0.717, 1.165) is 43.6 Å². The van der Waals surface area contributed by atoms with Gasteiger partial charge in [0, 0.05) is 31.0 Å². The summed E-state index contributed by atoms with van der Waals surface area (Å²) in [5.74, 6) is 0.283. The summed E-state index contributed by atoms with van der Waals surface area (Å²) in [6, 6.07) is 5.52. The first-order valence-corrected chi connectivity index (χ1v) is 9.65. The highest BCUT2D eigenvalue weighted by Gasteiger charge is 2.11. The predicted molar refractivity (Wildman–Crippen MR) is 107 cm³/mol. The molecule has 0 unspecified atom stereocenters. The van der Waals surface area contributed by atoms with Crippen LogP contribution in [0.5, 0.6) is 5.75 Å². The van der Waals surface area contributed by atoms with Gasteiger partial charge in [0.2, 0.25) is 0 Å². The van der Waals surface area contributed by atoms with Crippen LogP contribution in [0.1, 0.15) is 51.2 Å². The van der Waals surface area contributed by atoms with Gasteiger partial charge in [0.1, 0.15) is 18.1 Å². The lowest BCUT2D eigenvalue weighted by Crippen LogP contribution is -2.28. The second kappa shape index (κ2) is 13.1. The molecule has 1 amide bonds. The number of hydrogen-bond donors (Lipinski definition) is 2. The SMILES string of the molecule is CCCCC(=O)Cc1cc(/C=C/C(=O)NO)ccc1OCCN(CC)CC. The van der Waals surface area contributed by atoms with Gasteiger partial charge in [0.25, 0.3) is 5.91 Å². The molecule has 1 rings (SSSR count). The monoisotopic (exact) mass is 376 g/mol. The summed E-state index contributed by atoms with van der Waals surface area (Å²) in [5.41, 5.74) is 3.15. The Morgan fingerprint density at radius 1 is 1.22 bits per heavy atom. The summed E-state index contributed by atoms with van der Waals surface area (Å²) in [5, 5.41) is 8.58. The topological polar surface area (TPSA) is 78.9 Å². The molecule has 6 nitrogen and oxygen atoms in total. The van der Waals surface area contributed by atoms with Gasteiger partial charge in [0.15, 0.2) is 0 Å². The Kier molecular flexibility index (Phi) is 11.1.